The van der Waals surface area contributed by atoms with Crippen LogP contribution >= 0.6 is 0 Å². The lowest BCUT2D eigenvalue weighted by molar-refractivity contribution is -0.121. The average Bonchev–Trinajstić information content (AvgIpc) is 3.33. The molecule has 120 valence electrons. The summed E-state index contributed by atoms with van der Waals surface area (Å²) >= 11 is 0. The summed E-state index contributed by atoms with van der Waals surface area (Å²) in [6.45, 7) is 7.24. The van der Waals surface area contributed by atoms with Crippen LogP contribution < -0.4 is 11.1 Å². The Balaban J connectivity index is 1.59. The summed E-state index contributed by atoms with van der Waals surface area (Å²) in [5.41, 5.74) is 5.59. The molecule has 3 aliphatic rings. The molecule has 2 unspecified atom stereocenters. The number of nitrogens with two attached hydrogens (primary N) is 1. The second-order valence-corrected chi connectivity index (χ2v) is 7.17. The molecule has 3 rings (SSSR count). The van der Waals surface area contributed by atoms with Gasteiger partial charge in [0.2, 0.25) is 5.91 Å². The summed E-state index contributed by atoms with van der Waals surface area (Å²) in [4.78, 5) is 14.4. The summed E-state index contributed by atoms with van der Waals surface area (Å²) in [6.07, 6.45) is 4.83. The number of hydrogen-bond acceptors (Lipinski definition) is 4. The zero-order valence-electron chi connectivity index (χ0n) is 13.4. The monoisotopic (exact) mass is 295 g/mol. The fraction of sp³-hybridized carbons (Fsp3) is 0.938. The van der Waals surface area contributed by atoms with Crippen molar-refractivity contribution in [2.45, 2.75) is 38.1 Å². The topological polar surface area (TPSA) is 67.6 Å². The summed E-state index contributed by atoms with van der Waals surface area (Å²) < 4.78 is 5.52. The van der Waals surface area contributed by atoms with E-state index in [1.165, 1.54) is 19.3 Å². The van der Waals surface area contributed by atoms with Crippen LogP contribution in [0.5, 0.6) is 0 Å². The van der Waals surface area contributed by atoms with Crippen molar-refractivity contribution in [1.82, 2.24) is 10.2 Å². The van der Waals surface area contributed by atoms with Crippen LogP contribution in [0.15, 0.2) is 0 Å². The van der Waals surface area contributed by atoms with Crippen molar-refractivity contribution >= 4 is 5.91 Å². The molecular formula is C16H29N3O2. The minimum atomic E-state index is -0.446. The van der Waals surface area contributed by atoms with E-state index < -0.39 is 5.54 Å². The van der Waals surface area contributed by atoms with Crippen molar-refractivity contribution < 1.29 is 9.53 Å². The van der Waals surface area contributed by atoms with E-state index in [0.717, 1.165) is 39.3 Å². The van der Waals surface area contributed by atoms with Crippen molar-refractivity contribution in [3.05, 3.63) is 0 Å². The quantitative estimate of drug-likeness (QED) is 0.752. The summed E-state index contributed by atoms with van der Waals surface area (Å²) in [6, 6.07) is 0. The fourth-order valence-corrected chi connectivity index (χ4v) is 4.74. The molecule has 3 N–H and O–H groups in total. The molecular weight excluding hydrogens is 266 g/mol. The molecule has 0 aromatic heterocycles. The first-order valence-corrected chi connectivity index (χ1v) is 8.36. The number of primary amides is 1. The van der Waals surface area contributed by atoms with Crippen LogP contribution in [0.3, 0.4) is 0 Å². The van der Waals surface area contributed by atoms with Crippen LogP contribution in [-0.4, -0.2) is 56.2 Å². The van der Waals surface area contributed by atoms with E-state index in [1.54, 1.807) is 0 Å². The molecule has 0 radical (unpaired) electrons. The molecule has 5 heteroatoms. The summed E-state index contributed by atoms with van der Waals surface area (Å²) in [7, 11) is 1.88. The van der Waals surface area contributed by atoms with Gasteiger partial charge < -0.3 is 20.7 Å². The number of nitrogens with one attached hydrogen (secondary N) is 1. The maximum Gasteiger partial charge on any atom is 0.238 e. The molecule has 2 saturated carbocycles. The molecule has 3 fully saturated rings. The van der Waals surface area contributed by atoms with Crippen LogP contribution in [0.25, 0.3) is 0 Å². The molecule has 2 aliphatic carbocycles. The van der Waals surface area contributed by atoms with Gasteiger partial charge in [0.25, 0.3) is 0 Å². The highest BCUT2D eigenvalue weighted by Gasteiger charge is 2.74. The van der Waals surface area contributed by atoms with Crippen LogP contribution in [-0.2, 0) is 9.53 Å². The Morgan fingerprint density at radius 2 is 2.14 bits per heavy atom. The Hall–Kier alpha value is -0.650. The molecule has 1 aliphatic heterocycles. The number of hydrogen-bond donors (Lipinski definition) is 2. The predicted octanol–water partition coefficient (Wildman–Crippen LogP) is 0.588. The van der Waals surface area contributed by atoms with Crippen LogP contribution in [0.1, 0.15) is 32.6 Å². The molecule has 1 amide bonds. The maximum absolute atomic E-state index is 11.9. The summed E-state index contributed by atoms with van der Waals surface area (Å²) in [5.74, 6) is 0.627. The molecule has 0 aromatic carbocycles. The molecule has 0 bridgehead atoms. The molecule has 21 heavy (non-hydrogen) atoms. The fourth-order valence-electron chi connectivity index (χ4n) is 4.74. The second kappa shape index (κ2) is 5.52. The van der Waals surface area contributed by atoms with E-state index in [9.17, 15) is 4.79 Å². The predicted molar refractivity (Wildman–Crippen MR) is 81.8 cm³/mol. The Kier molecular flexibility index (Phi) is 4.01. The number of carbonyl (C=O) groups excluding carboxylic acids is 1. The van der Waals surface area contributed by atoms with Gasteiger partial charge in [0, 0.05) is 19.7 Å². The third kappa shape index (κ3) is 2.49. The number of rotatable bonds is 6. The maximum atomic E-state index is 11.9. The van der Waals surface area contributed by atoms with E-state index in [0.29, 0.717) is 17.3 Å². The normalized spacial score (nSPS) is 38.8. The molecule has 3 atom stereocenters. The first-order valence-electron chi connectivity index (χ1n) is 8.36. The highest BCUT2D eigenvalue weighted by atomic mass is 16.5. The number of amides is 1. The van der Waals surface area contributed by atoms with Gasteiger partial charge in [-0.2, -0.15) is 0 Å². The number of ether oxygens (including phenoxy) is 1. The highest BCUT2D eigenvalue weighted by molar-refractivity contribution is 5.89. The van der Waals surface area contributed by atoms with Crippen molar-refractivity contribution in [1.29, 1.82) is 0 Å². The van der Waals surface area contributed by atoms with Gasteiger partial charge in [-0.25, -0.2) is 0 Å². The first kappa shape index (κ1) is 15.3. The lowest BCUT2D eigenvalue weighted by atomic mass is 9.91. The SMILES string of the molecule is CNC1(C(N)=O)C(C)[C@H]1C1(CCN2CCCOCC2)CC1. The van der Waals surface area contributed by atoms with Crippen LogP contribution in [0.2, 0.25) is 0 Å². The molecule has 1 heterocycles. The van der Waals surface area contributed by atoms with Gasteiger partial charge in [0.1, 0.15) is 5.54 Å². The average molecular weight is 295 g/mol. The van der Waals surface area contributed by atoms with Crippen molar-refractivity contribution in [3.8, 4) is 0 Å². The minimum absolute atomic E-state index is 0.169. The standard InChI is InChI=1S/C16H29N3O2/c1-12-13(16(12,18-2)14(17)20)15(4-5-15)6-8-19-7-3-10-21-11-9-19/h12-13,18H,3-11H2,1-2H3,(H2,17,20)/t12?,13-,16?/m0/s1. The second-order valence-electron chi connectivity index (χ2n) is 7.17. The lowest BCUT2D eigenvalue weighted by Gasteiger charge is -2.24. The van der Waals surface area contributed by atoms with Gasteiger partial charge in [-0.15, -0.1) is 0 Å². The largest absolute Gasteiger partial charge is 0.380 e. The zero-order valence-corrected chi connectivity index (χ0v) is 13.4. The zero-order chi connectivity index (χ0) is 15.1. The Morgan fingerprint density at radius 1 is 1.38 bits per heavy atom. The van der Waals surface area contributed by atoms with E-state index in [1.807, 2.05) is 7.05 Å². The Bertz CT molecular complexity index is 402. The van der Waals surface area contributed by atoms with Gasteiger partial charge in [0.15, 0.2) is 0 Å². The third-order valence-electron chi connectivity index (χ3n) is 6.21. The van der Waals surface area contributed by atoms with Gasteiger partial charge in [-0.3, -0.25) is 4.79 Å². The molecule has 0 spiro atoms. The van der Waals surface area contributed by atoms with E-state index in [2.05, 4.69) is 17.1 Å². The Morgan fingerprint density at radius 3 is 2.71 bits per heavy atom. The van der Waals surface area contributed by atoms with Gasteiger partial charge in [0.05, 0.1) is 6.61 Å². The van der Waals surface area contributed by atoms with Crippen molar-refractivity contribution in [3.63, 3.8) is 0 Å². The van der Waals surface area contributed by atoms with E-state index >= 15 is 0 Å². The van der Waals surface area contributed by atoms with Gasteiger partial charge in [-0.05, 0) is 56.5 Å². The number of nitrogens with zero attached hydrogens (tertiary/aromatic N) is 1. The van der Waals surface area contributed by atoms with Gasteiger partial charge in [-0.1, -0.05) is 6.92 Å². The highest BCUT2D eigenvalue weighted by Crippen LogP contribution is 2.70. The molecule has 0 aromatic rings. The molecule has 1 saturated heterocycles. The first-order chi connectivity index (χ1) is 10.1. The van der Waals surface area contributed by atoms with Crippen LogP contribution in [0, 0.1) is 17.3 Å². The number of carbonyl (C=O) groups is 1. The van der Waals surface area contributed by atoms with Gasteiger partial charge >= 0.3 is 0 Å². The lowest BCUT2D eigenvalue weighted by Crippen LogP contribution is -2.46. The summed E-state index contributed by atoms with van der Waals surface area (Å²) in [5, 5.41) is 3.24. The van der Waals surface area contributed by atoms with Crippen molar-refractivity contribution in [2.24, 2.45) is 23.0 Å². The molecule has 5 nitrogen and oxygen atoms in total. The Labute approximate surface area is 127 Å². The van der Waals surface area contributed by atoms with Crippen LogP contribution in [0.4, 0.5) is 0 Å². The van der Waals surface area contributed by atoms with E-state index in [-0.39, 0.29) is 5.91 Å². The smallest absolute Gasteiger partial charge is 0.238 e. The third-order valence-corrected chi connectivity index (χ3v) is 6.21. The van der Waals surface area contributed by atoms with Crippen molar-refractivity contribution in [2.75, 3.05) is 39.9 Å². The van der Waals surface area contributed by atoms with E-state index in [4.69, 9.17) is 10.5 Å². The number of likely N-dealkylation sites (N-methyl/N-ethyl adjacent to an activating group) is 1. The minimum Gasteiger partial charge on any atom is -0.380 e.